The van der Waals surface area contributed by atoms with E-state index in [1.807, 2.05) is 6.92 Å². The van der Waals surface area contributed by atoms with Gasteiger partial charge in [-0.1, -0.05) is 6.92 Å². The Morgan fingerprint density at radius 3 is 2.53 bits per heavy atom. The van der Waals surface area contributed by atoms with Crippen molar-refractivity contribution in [3.63, 3.8) is 0 Å². The summed E-state index contributed by atoms with van der Waals surface area (Å²) >= 11 is 0. The molecule has 1 aromatic heterocycles. The molecule has 0 atom stereocenters. The number of aryl methyl sites for hydroxylation is 1. The molecule has 0 fully saturated rings. The van der Waals surface area contributed by atoms with Crippen molar-refractivity contribution in [2.75, 3.05) is 0 Å². The fraction of sp³-hybridized carbons (Fsp3) is 0.455. The Hall–Kier alpha value is -1.58. The molecule has 0 bridgehead atoms. The van der Waals surface area contributed by atoms with Gasteiger partial charge in [0.1, 0.15) is 0 Å². The minimum Gasteiger partial charge on any atom is -0.478 e. The first-order valence-electron chi connectivity index (χ1n) is 4.93. The number of aromatic carboxylic acids is 1. The van der Waals surface area contributed by atoms with Crippen LogP contribution >= 0.6 is 0 Å². The van der Waals surface area contributed by atoms with Crippen molar-refractivity contribution in [3.8, 4) is 0 Å². The maximum Gasteiger partial charge on any atom is 0.337 e. The largest absolute Gasteiger partial charge is 0.478 e. The molecule has 15 heavy (non-hydrogen) atoms. The quantitative estimate of drug-likeness (QED) is 0.822. The van der Waals surface area contributed by atoms with Gasteiger partial charge in [0.05, 0.1) is 5.56 Å². The number of hydrogen-bond donors (Lipinski definition) is 1. The molecule has 4 nitrogen and oxygen atoms in total. The Kier molecular flexibility index (Phi) is 3.29. The van der Waals surface area contributed by atoms with Gasteiger partial charge in [0.2, 0.25) is 0 Å². The lowest BCUT2D eigenvalue weighted by atomic mass is 10.1. The predicted octanol–water partition coefficient (Wildman–Crippen LogP) is 1.57. The van der Waals surface area contributed by atoms with Crippen molar-refractivity contribution in [1.29, 1.82) is 0 Å². The summed E-state index contributed by atoms with van der Waals surface area (Å²) in [6.07, 6.45) is 0.808. The highest BCUT2D eigenvalue weighted by Gasteiger charge is 2.14. The van der Waals surface area contributed by atoms with Crippen LogP contribution in [0.4, 0.5) is 0 Å². The topological polar surface area (TPSA) is 59.3 Å². The average Bonchev–Trinajstić information content (AvgIpc) is 2.11. The highest BCUT2D eigenvalue weighted by Crippen LogP contribution is 2.11. The van der Waals surface area contributed by atoms with Gasteiger partial charge in [-0.25, -0.2) is 4.79 Å². The monoisotopic (exact) mass is 209 g/mol. The van der Waals surface area contributed by atoms with Gasteiger partial charge >= 0.3 is 5.97 Å². The zero-order chi connectivity index (χ0) is 11.6. The highest BCUT2D eigenvalue weighted by molar-refractivity contribution is 5.90. The first-order chi connectivity index (χ1) is 6.99. The zero-order valence-electron chi connectivity index (χ0n) is 9.20. The normalized spacial score (nSPS) is 10.3. The second kappa shape index (κ2) is 4.29. The molecule has 0 amide bonds. The standard InChI is InChI=1S/C11H15NO3/c1-4-5-12-8(3)10(11(14)15)7(2)6-9(12)13/h6H,4-5H2,1-3H3,(H,14,15). The summed E-state index contributed by atoms with van der Waals surface area (Å²) in [6.45, 7) is 5.83. The van der Waals surface area contributed by atoms with Gasteiger partial charge < -0.3 is 9.67 Å². The average molecular weight is 209 g/mol. The van der Waals surface area contributed by atoms with Crippen LogP contribution in [0.15, 0.2) is 10.9 Å². The van der Waals surface area contributed by atoms with Gasteiger partial charge in [-0.2, -0.15) is 0 Å². The molecule has 0 aliphatic rings. The molecule has 0 aromatic carbocycles. The van der Waals surface area contributed by atoms with Crippen LogP contribution in [0.5, 0.6) is 0 Å². The Morgan fingerprint density at radius 2 is 2.07 bits per heavy atom. The van der Waals surface area contributed by atoms with E-state index >= 15 is 0 Å². The minimum absolute atomic E-state index is 0.128. The van der Waals surface area contributed by atoms with Crippen molar-refractivity contribution in [1.82, 2.24) is 4.57 Å². The van der Waals surface area contributed by atoms with Crippen molar-refractivity contribution in [2.24, 2.45) is 0 Å². The third-order valence-electron chi connectivity index (χ3n) is 2.43. The number of carbonyl (C=O) groups is 1. The van der Waals surface area contributed by atoms with E-state index in [0.29, 0.717) is 17.8 Å². The summed E-state index contributed by atoms with van der Waals surface area (Å²) in [5, 5.41) is 9.01. The molecule has 0 spiro atoms. The van der Waals surface area contributed by atoms with E-state index in [9.17, 15) is 9.59 Å². The fourth-order valence-corrected chi connectivity index (χ4v) is 1.75. The van der Waals surface area contributed by atoms with Gasteiger partial charge in [0, 0.05) is 18.3 Å². The lowest BCUT2D eigenvalue weighted by molar-refractivity contribution is 0.0694. The minimum atomic E-state index is -0.977. The van der Waals surface area contributed by atoms with E-state index in [1.54, 1.807) is 13.8 Å². The van der Waals surface area contributed by atoms with Gasteiger partial charge in [0.25, 0.3) is 5.56 Å². The molecular weight excluding hydrogens is 194 g/mol. The lowest BCUT2D eigenvalue weighted by Gasteiger charge is -2.12. The number of hydrogen-bond acceptors (Lipinski definition) is 2. The number of aromatic nitrogens is 1. The van der Waals surface area contributed by atoms with Crippen LogP contribution in [0.25, 0.3) is 0 Å². The molecule has 82 valence electrons. The van der Waals surface area contributed by atoms with Crippen molar-refractivity contribution < 1.29 is 9.90 Å². The fourth-order valence-electron chi connectivity index (χ4n) is 1.75. The summed E-state index contributed by atoms with van der Waals surface area (Å²) in [6, 6.07) is 1.38. The smallest absolute Gasteiger partial charge is 0.337 e. The number of carboxylic acids is 1. The molecule has 0 radical (unpaired) electrons. The van der Waals surface area contributed by atoms with Crippen LogP contribution in [-0.4, -0.2) is 15.6 Å². The number of rotatable bonds is 3. The number of nitrogens with zero attached hydrogens (tertiary/aromatic N) is 1. The van der Waals surface area contributed by atoms with Crippen LogP contribution in [0.2, 0.25) is 0 Å². The third kappa shape index (κ3) is 2.09. The van der Waals surface area contributed by atoms with Gasteiger partial charge in [0.15, 0.2) is 0 Å². The molecule has 1 aromatic rings. The Labute approximate surface area is 88.2 Å². The van der Waals surface area contributed by atoms with Gasteiger partial charge in [-0.3, -0.25) is 4.79 Å². The van der Waals surface area contributed by atoms with E-state index in [1.165, 1.54) is 10.6 Å². The summed E-state index contributed by atoms with van der Waals surface area (Å²) < 4.78 is 1.51. The summed E-state index contributed by atoms with van der Waals surface area (Å²) in [4.78, 5) is 22.6. The second-order valence-electron chi connectivity index (χ2n) is 3.58. The Morgan fingerprint density at radius 1 is 1.47 bits per heavy atom. The van der Waals surface area contributed by atoms with Crippen LogP contribution < -0.4 is 5.56 Å². The summed E-state index contributed by atoms with van der Waals surface area (Å²) in [5.74, 6) is -0.977. The predicted molar refractivity (Wildman–Crippen MR) is 57.4 cm³/mol. The maximum atomic E-state index is 11.6. The molecular formula is C11H15NO3. The highest BCUT2D eigenvalue weighted by atomic mass is 16.4. The van der Waals surface area contributed by atoms with Crippen molar-refractivity contribution >= 4 is 5.97 Å². The number of pyridine rings is 1. The van der Waals surface area contributed by atoms with Gasteiger partial charge in [-0.05, 0) is 25.8 Å². The molecule has 0 unspecified atom stereocenters. The van der Waals surface area contributed by atoms with Crippen LogP contribution in [0, 0.1) is 13.8 Å². The molecule has 1 N–H and O–H groups in total. The van der Waals surface area contributed by atoms with Gasteiger partial charge in [-0.15, -0.1) is 0 Å². The first-order valence-corrected chi connectivity index (χ1v) is 4.93. The van der Waals surface area contributed by atoms with E-state index in [2.05, 4.69) is 0 Å². The SMILES string of the molecule is CCCn1c(C)c(C(=O)O)c(C)cc1=O. The van der Waals surface area contributed by atoms with Crippen LogP contribution in [0.1, 0.15) is 35.0 Å². The maximum absolute atomic E-state index is 11.6. The molecule has 0 saturated heterocycles. The molecule has 4 heteroatoms. The molecule has 0 saturated carbocycles. The molecule has 0 aliphatic heterocycles. The summed E-state index contributed by atoms with van der Waals surface area (Å²) in [5.41, 5.74) is 1.17. The van der Waals surface area contributed by atoms with Crippen LogP contribution in [0.3, 0.4) is 0 Å². The van der Waals surface area contributed by atoms with Crippen molar-refractivity contribution in [2.45, 2.75) is 33.7 Å². The zero-order valence-corrected chi connectivity index (χ0v) is 9.20. The number of carboxylic acid groups (broad SMARTS) is 1. The lowest BCUT2D eigenvalue weighted by Crippen LogP contribution is -2.25. The van der Waals surface area contributed by atoms with E-state index in [4.69, 9.17) is 5.11 Å². The summed E-state index contributed by atoms with van der Waals surface area (Å²) in [7, 11) is 0. The molecule has 1 heterocycles. The first kappa shape index (κ1) is 11.5. The van der Waals surface area contributed by atoms with E-state index < -0.39 is 5.97 Å². The molecule has 1 rings (SSSR count). The molecule has 0 aliphatic carbocycles. The third-order valence-corrected chi connectivity index (χ3v) is 2.43. The Bertz CT molecular complexity index is 446. The van der Waals surface area contributed by atoms with Crippen molar-refractivity contribution in [3.05, 3.63) is 33.2 Å². The van der Waals surface area contributed by atoms with Crippen LogP contribution in [-0.2, 0) is 6.54 Å². The van der Waals surface area contributed by atoms with E-state index in [-0.39, 0.29) is 11.1 Å². The second-order valence-corrected chi connectivity index (χ2v) is 3.58. The Balaban J connectivity index is 3.49. The van der Waals surface area contributed by atoms with E-state index in [0.717, 1.165) is 6.42 Å².